The van der Waals surface area contributed by atoms with E-state index in [1.165, 1.54) is 0 Å². The highest BCUT2D eigenvalue weighted by Gasteiger charge is 2.15. The minimum Gasteiger partial charge on any atom is -0.481 e. The molecule has 0 spiro atoms. The molecule has 0 heterocycles. The summed E-state index contributed by atoms with van der Waals surface area (Å²) in [5.41, 5.74) is 0. The van der Waals surface area contributed by atoms with Crippen molar-refractivity contribution in [1.29, 1.82) is 0 Å². The molecule has 2 heteroatoms. The van der Waals surface area contributed by atoms with E-state index in [0.717, 1.165) is 44.9 Å². The molecule has 0 aromatic carbocycles. The lowest BCUT2D eigenvalue weighted by molar-refractivity contribution is -0.142. The molecule has 0 aliphatic heterocycles. The second-order valence-corrected chi connectivity index (χ2v) is 3.99. The van der Waals surface area contributed by atoms with Crippen molar-refractivity contribution in [1.82, 2.24) is 0 Å². The van der Waals surface area contributed by atoms with Gasteiger partial charge in [0, 0.05) is 0 Å². The van der Waals surface area contributed by atoms with Crippen molar-refractivity contribution in [3.05, 3.63) is 12.2 Å². The number of carboxylic acids is 1. The number of allylic oxidation sites excluding steroid dienone is 2. The molecule has 88 valence electrons. The predicted octanol–water partition coefficient (Wildman–Crippen LogP) is 4.01. The summed E-state index contributed by atoms with van der Waals surface area (Å²) in [5.74, 6) is -0.747. The molecule has 0 amide bonds. The molecular weight excluding hydrogens is 188 g/mol. The molecule has 0 rings (SSSR count). The minimum absolute atomic E-state index is 0.125. The molecule has 0 aromatic heterocycles. The summed E-state index contributed by atoms with van der Waals surface area (Å²) in [6, 6.07) is 0. The fourth-order valence-corrected chi connectivity index (χ4v) is 1.61. The zero-order valence-corrected chi connectivity index (χ0v) is 10.0. The van der Waals surface area contributed by atoms with E-state index in [2.05, 4.69) is 26.0 Å². The monoisotopic (exact) mass is 212 g/mol. The second kappa shape index (κ2) is 9.75. The standard InChI is InChI=1S/C13H24O2/c1-3-5-7-8-9-11-12(13(14)15)10-6-4-2/h5,7,12H,3-4,6,8-11H2,1-2H3,(H,14,15). The quantitative estimate of drug-likeness (QED) is 0.463. The van der Waals surface area contributed by atoms with Crippen LogP contribution < -0.4 is 0 Å². The lowest BCUT2D eigenvalue weighted by Crippen LogP contribution is -2.13. The molecule has 15 heavy (non-hydrogen) atoms. The van der Waals surface area contributed by atoms with E-state index in [9.17, 15) is 4.79 Å². The average Bonchev–Trinajstić information content (AvgIpc) is 2.21. The van der Waals surface area contributed by atoms with E-state index in [4.69, 9.17) is 5.11 Å². The number of hydrogen-bond donors (Lipinski definition) is 1. The van der Waals surface area contributed by atoms with Gasteiger partial charge in [0.05, 0.1) is 5.92 Å². The molecular formula is C13H24O2. The normalized spacial score (nSPS) is 13.2. The summed E-state index contributed by atoms with van der Waals surface area (Å²) in [4.78, 5) is 10.9. The van der Waals surface area contributed by atoms with Crippen molar-refractivity contribution in [3.63, 3.8) is 0 Å². The summed E-state index contributed by atoms with van der Waals surface area (Å²) in [7, 11) is 0. The Labute approximate surface area is 93.4 Å². The Morgan fingerprint density at radius 3 is 2.40 bits per heavy atom. The lowest BCUT2D eigenvalue weighted by Gasteiger charge is -2.10. The Bertz CT molecular complexity index is 185. The third-order valence-corrected chi connectivity index (χ3v) is 2.58. The van der Waals surface area contributed by atoms with E-state index in [1.807, 2.05) is 0 Å². The van der Waals surface area contributed by atoms with Crippen LogP contribution in [0.1, 0.15) is 58.8 Å². The van der Waals surface area contributed by atoms with Crippen LogP contribution in [0.4, 0.5) is 0 Å². The molecule has 0 saturated carbocycles. The first-order chi connectivity index (χ1) is 7.22. The molecule has 0 aromatic rings. The minimum atomic E-state index is -0.622. The van der Waals surface area contributed by atoms with E-state index >= 15 is 0 Å². The van der Waals surface area contributed by atoms with Gasteiger partial charge in [0.2, 0.25) is 0 Å². The summed E-state index contributed by atoms with van der Waals surface area (Å²) in [6.45, 7) is 4.21. The van der Waals surface area contributed by atoms with Gasteiger partial charge in [-0.15, -0.1) is 0 Å². The van der Waals surface area contributed by atoms with Crippen LogP contribution in [-0.4, -0.2) is 11.1 Å². The van der Waals surface area contributed by atoms with Crippen molar-refractivity contribution >= 4 is 5.97 Å². The van der Waals surface area contributed by atoms with E-state index in [0.29, 0.717) is 0 Å². The molecule has 1 atom stereocenters. The first-order valence-electron chi connectivity index (χ1n) is 6.10. The average molecular weight is 212 g/mol. The van der Waals surface area contributed by atoms with Crippen LogP contribution in [-0.2, 0) is 4.79 Å². The van der Waals surface area contributed by atoms with E-state index in [-0.39, 0.29) is 5.92 Å². The van der Waals surface area contributed by atoms with Gasteiger partial charge in [0.1, 0.15) is 0 Å². The van der Waals surface area contributed by atoms with Crippen LogP contribution in [0.2, 0.25) is 0 Å². The van der Waals surface area contributed by atoms with Gasteiger partial charge in [-0.25, -0.2) is 0 Å². The van der Waals surface area contributed by atoms with E-state index < -0.39 is 5.97 Å². The van der Waals surface area contributed by atoms with Gasteiger partial charge in [0.25, 0.3) is 0 Å². The zero-order chi connectivity index (χ0) is 11.5. The smallest absolute Gasteiger partial charge is 0.306 e. The highest BCUT2D eigenvalue weighted by molar-refractivity contribution is 5.69. The Balaban J connectivity index is 3.66. The van der Waals surface area contributed by atoms with Crippen molar-refractivity contribution < 1.29 is 9.90 Å². The topological polar surface area (TPSA) is 37.3 Å². The third kappa shape index (κ3) is 8.22. The predicted molar refractivity (Wildman–Crippen MR) is 63.9 cm³/mol. The third-order valence-electron chi connectivity index (χ3n) is 2.58. The summed E-state index contributed by atoms with van der Waals surface area (Å²) in [6.07, 6.45) is 11.1. The van der Waals surface area contributed by atoms with Crippen molar-refractivity contribution in [2.24, 2.45) is 5.92 Å². The van der Waals surface area contributed by atoms with Gasteiger partial charge in [0.15, 0.2) is 0 Å². The number of carbonyl (C=O) groups is 1. The fourth-order valence-electron chi connectivity index (χ4n) is 1.61. The van der Waals surface area contributed by atoms with Gasteiger partial charge < -0.3 is 5.11 Å². The first kappa shape index (κ1) is 14.2. The Hall–Kier alpha value is -0.790. The Morgan fingerprint density at radius 1 is 1.20 bits per heavy atom. The van der Waals surface area contributed by atoms with Crippen LogP contribution in [0, 0.1) is 5.92 Å². The van der Waals surface area contributed by atoms with Crippen molar-refractivity contribution in [3.8, 4) is 0 Å². The van der Waals surface area contributed by atoms with Crippen LogP contribution in [0.5, 0.6) is 0 Å². The summed E-state index contributed by atoms with van der Waals surface area (Å²) >= 11 is 0. The van der Waals surface area contributed by atoms with E-state index in [1.54, 1.807) is 0 Å². The molecule has 0 fully saturated rings. The first-order valence-corrected chi connectivity index (χ1v) is 6.10. The van der Waals surface area contributed by atoms with Crippen molar-refractivity contribution in [2.45, 2.75) is 58.8 Å². The van der Waals surface area contributed by atoms with Crippen LogP contribution in [0.3, 0.4) is 0 Å². The fraction of sp³-hybridized carbons (Fsp3) is 0.769. The molecule has 0 radical (unpaired) electrons. The van der Waals surface area contributed by atoms with Gasteiger partial charge in [-0.1, -0.05) is 38.8 Å². The SMILES string of the molecule is CCC=CCCCC(CCCC)C(=O)O. The number of carboxylic acid groups (broad SMARTS) is 1. The Morgan fingerprint density at radius 2 is 1.87 bits per heavy atom. The Kier molecular flexibility index (Phi) is 9.24. The second-order valence-electron chi connectivity index (χ2n) is 3.99. The van der Waals surface area contributed by atoms with Crippen molar-refractivity contribution in [2.75, 3.05) is 0 Å². The molecule has 1 N–H and O–H groups in total. The molecule has 0 aliphatic carbocycles. The van der Waals surface area contributed by atoms with Gasteiger partial charge in [-0.05, 0) is 32.1 Å². The van der Waals surface area contributed by atoms with Gasteiger partial charge >= 0.3 is 5.97 Å². The maximum absolute atomic E-state index is 10.9. The number of aliphatic carboxylic acids is 1. The molecule has 1 unspecified atom stereocenters. The van der Waals surface area contributed by atoms with Gasteiger partial charge in [-0.2, -0.15) is 0 Å². The van der Waals surface area contributed by atoms with Gasteiger partial charge in [-0.3, -0.25) is 4.79 Å². The van der Waals surface area contributed by atoms with Crippen LogP contribution in [0.25, 0.3) is 0 Å². The molecule has 0 aliphatic rings. The zero-order valence-electron chi connectivity index (χ0n) is 10.0. The largest absolute Gasteiger partial charge is 0.481 e. The molecule has 0 bridgehead atoms. The highest BCUT2D eigenvalue weighted by Crippen LogP contribution is 2.16. The molecule has 2 nitrogen and oxygen atoms in total. The molecule has 0 saturated heterocycles. The van der Waals surface area contributed by atoms with Crippen LogP contribution in [0.15, 0.2) is 12.2 Å². The summed E-state index contributed by atoms with van der Waals surface area (Å²) < 4.78 is 0. The maximum atomic E-state index is 10.9. The number of rotatable bonds is 9. The maximum Gasteiger partial charge on any atom is 0.306 e. The number of unbranched alkanes of at least 4 members (excludes halogenated alkanes) is 2. The highest BCUT2D eigenvalue weighted by atomic mass is 16.4. The number of hydrogen-bond acceptors (Lipinski definition) is 1. The lowest BCUT2D eigenvalue weighted by atomic mass is 9.96. The summed E-state index contributed by atoms with van der Waals surface area (Å²) in [5, 5.41) is 8.98. The van der Waals surface area contributed by atoms with Crippen LogP contribution >= 0.6 is 0 Å².